The molecule has 27 heavy (non-hydrogen) atoms. The van der Waals surface area contributed by atoms with Crippen molar-refractivity contribution in [1.29, 1.82) is 0 Å². The Morgan fingerprint density at radius 1 is 0.963 bits per heavy atom. The van der Waals surface area contributed by atoms with E-state index in [1.165, 1.54) is 0 Å². The SMILES string of the molecule is CC(C)C(NC(=O)c1ccccc1)C(=O)OC(Cc1ccccc1)C(=O)O. The van der Waals surface area contributed by atoms with E-state index in [2.05, 4.69) is 5.32 Å². The summed E-state index contributed by atoms with van der Waals surface area (Å²) in [5.74, 6) is -2.68. The van der Waals surface area contributed by atoms with Gasteiger partial charge in [0, 0.05) is 12.0 Å². The van der Waals surface area contributed by atoms with Gasteiger partial charge in [-0.05, 0) is 23.6 Å². The average Bonchev–Trinajstić information content (AvgIpc) is 2.66. The van der Waals surface area contributed by atoms with Gasteiger partial charge < -0.3 is 15.2 Å². The Balaban J connectivity index is 2.08. The van der Waals surface area contributed by atoms with Crippen LogP contribution in [0.3, 0.4) is 0 Å². The molecule has 0 fully saturated rings. The van der Waals surface area contributed by atoms with Crippen molar-refractivity contribution in [2.24, 2.45) is 5.92 Å². The molecule has 2 unspecified atom stereocenters. The lowest BCUT2D eigenvalue weighted by atomic mass is 10.0. The Morgan fingerprint density at radius 2 is 1.52 bits per heavy atom. The number of carbonyl (C=O) groups is 3. The third-order valence-corrected chi connectivity index (χ3v) is 4.04. The summed E-state index contributed by atoms with van der Waals surface area (Å²) in [7, 11) is 0. The normalized spacial score (nSPS) is 12.9. The van der Waals surface area contributed by atoms with Crippen LogP contribution in [-0.4, -0.2) is 35.1 Å². The summed E-state index contributed by atoms with van der Waals surface area (Å²) in [5, 5.41) is 12.0. The third kappa shape index (κ3) is 5.95. The number of ether oxygens (including phenoxy) is 1. The molecule has 2 aromatic carbocycles. The van der Waals surface area contributed by atoms with Gasteiger partial charge in [0.1, 0.15) is 6.04 Å². The molecule has 6 nitrogen and oxygen atoms in total. The van der Waals surface area contributed by atoms with Crippen LogP contribution in [-0.2, 0) is 20.7 Å². The smallest absolute Gasteiger partial charge is 0.345 e. The zero-order valence-electron chi connectivity index (χ0n) is 15.3. The first-order valence-corrected chi connectivity index (χ1v) is 8.71. The number of hydrogen-bond acceptors (Lipinski definition) is 4. The van der Waals surface area contributed by atoms with Crippen LogP contribution in [0.15, 0.2) is 60.7 Å². The van der Waals surface area contributed by atoms with E-state index in [0.29, 0.717) is 5.56 Å². The van der Waals surface area contributed by atoms with Gasteiger partial charge in [-0.25, -0.2) is 9.59 Å². The number of esters is 1. The summed E-state index contributed by atoms with van der Waals surface area (Å²) in [5.41, 5.74) is 1.15. The maximum atomic E-state index is 12.6. The number of aliphatic carboxylic acids is 1. The van der Waals surface area contributed by atoms with Crippen LogP contribution in [0.4, 0.5) is 0 Å². The molecule has 0 bridgehead atoms. The van der Waals surface area contributed by atoms with Gasteiger partial charge in [0.15, 0.2) is 0 Å². The molecule has 0 aliphatic rings. The molecule has 0 aliphatic carbocycles. The maximum Gasteiger partial charge on any atom is 0.345 e. The first kappa shape index (κ1) is 20.2. The fourth-order valence-corrected chi connectivity index (χ4v) is 2.53. The van der Waals surface area contributed by atoms with Crippen LogP contribution in [0.1, 0.15) is 29.8 Å². The van der Waals surface area contributed by atoms with E-state index < -0.39 is 30.0 Å². The Kier molecular flexibility index (Phi) is 7.11. The zero-order valence-corrected chi connectivity index (χ0v) is 15.3. The van der Waals surface area contributed by atoms with Gasteiger partial charge in [0.25, 0.3) is 5.91 Å². The molecular weight excluding hydrogens is 346 g/mol. The molecule has 0 heterocycles. The Bertz CT molecular complexity index is 774. The first-order chi connectivity index (χ1) is 12.9. The number of nitrogens with one attached hydrogen (secondary N) is 1. The molecule has 2 aromatic rings. The van der Waals surface area contributed by atoms with Crippen molar-refractivity contribution in [1.82, 2.24) is 5.32 Å². The third-order valence-electron chi connectivity index (χ3n) is 4.04. The number of carboxylic acid groups (broad SMARTS) is 1. The second-order valence-electron chi connectivity index (χ2n) is 6.51. The number of carbonyl (C=O) groups excluding carboxylic acids is 2. The highest BCUT2D eigenvalue weighted by atomic mass is 16.6. The predicted molar refractivity (Wildman–Crippen MR) is 100 cm³/mol. The Hall–Kier alpha value is -3.15. The summed E-state index contributed by atoms with van der Waals surface area (Å²) in [6.45, 7) is 3.51. The molecule has 0 aliphatic heterocycles. The molecule has 2 rings (SSSR count). The summed E-state index contributed by atoms with van der Waals surface area (Å²) < 4.78 is 5.22. The summed E-state index contributed by atoms with van der Waals surface area (Å²) in [4.78, 5) is 36.4. The van der Waals surface area contributed by atoms with E-state index >= 15 is 0 Å². The van der Waals surface area contributed by atoms with Crippen LogP contribution in [0.5, 0.6) is 0 Å². The molecule has 0 saturated heterocycles. The van der Waals surface area contributed by atoms with Gasteiger partial charge in [-0.15, -0.1) is 0 Å². The molecular formula is C21H23NO5. The van der Waals surface area contributed by atoms with Gasteiger partial charge in [-0.2, -0.15) is 0 Å². The molecule has 0 aromatic heterocycles. The van der Waals surface area contributed by atoms with E-state index in [9.17, 15) is 19.5 Å². The van der Waals surface area contributed by atoms with Crippen LogP contribution < -0.4 is 5.32 Å². The largest absolute Gasteiger partial charge is 0.478 e. The van der Waals surface area contributed by atoms with E-state index in [-0.39, 0.29) is 12.3 Å². The minimum absolute atomic E-state index is 0.0549. The van der Waals surface area contributed by atoms with Crippen molar-refractivity contribution in [3.63, 3.8) is 0 Å². The highest BCUT2D eigenvalue weighted by molar-refractivity contribution is 5.97. The molecule has 6 heteroatoms. The number of benzene rings is 2. The number of amides is 1. The van der Waals surface area contributed by atoms with Gasteiger partial charge in [0.2, 0.25) is 6.10 Å². The highest BCUT2D eigenvalue weighted by Crippen LogP contribution is 2.12. The van der Waals surface area contributed by atoms with Crippen LogP contribution in [0, 0.1) is 5.92 Å². The maximum absolute atomic E-state index is 12.6. The van der Waals surface area contributed by atoms with Crippen molar-refractivity contribution >= 4 is 17.8 Å². The van der Waals surface area contributed by atoms with Gasteiger partial charge in [0.05, 0.1) is 0 Å². The van der Waals surface area contributed by atoms with Crippen molar-refractivity contribution in [2.45, 2.75) is 32.4 Å². The van der Waals surface area contributed by atoms with E-state index in [1.54, 1.807) is 68.4 Å². The topological polar surface area (TPSA) is 92.7 Å². The average molecular weight is 369 g/mol. The van der Waals surface area contributed by atoms with E-state index in [0.717, 1.165) is 5.56 Å². The van der Waals surface area contributed by atoms with Crippen LogP contribution in [0.25, 0.3) is 0 Å². The quantitative estimate of drug-likeness (QED) is 0.698. The summed E-state index contributed by atoms with van der Waals surface area (Å²) in [6, 6.07) is 16.5. The lowest BCUT2D eigenvalue weighted by molar-refractivity contribution is -0.165. The molecule has 2 N–H and O–H groups in total. The Labute approximate surface area is 158 Å². The van der Waals surface area contributed by atoms with Crippen LogP contribution in [0.2, 0.25) is 0 Å². The highest BCUT2D eigenvalue weighted by Gasteiger charge is 2.31. The fourth-order valence-electron chi connectivity index (χ4n) is 2.53. The van der Waals surface area contributed by atoms with Gasteiger partial charge in [-0.1, -0.05) is 62.4 Å². The van der Waals surface area contributed by atoms with Crippen molar-refractivity contribution in [3.8, 4) is 0 Å². The molecule has 1 amide bonds. The van der Waals surface area contributed by atoms with Crippen molar-refractivity contribution in [3.05, 3.63) is 71.8 Å². The fraction of sp³-hybridized carbons (Fsp3) is 0.286. The minimum Gasteiger partial charge on any atom is -0.478 e. The molecule has 0 spiro atoms. The first-order valence-electron chi connectivity index (χ1n) is 8.71. The summed E-state index contributed by atoms with van der Waals surface area (Å²) in [6.07, 6.45) is -1.27. The van der Waals surface area contributed by atoms with E-state index in [4.69, 9.17) is 4.74 Å². The monoisotopic (exact) mass is 369 g/mol. The standard InChI is InChI=1S/C21H23NO5/c1-14(2)18(22-19(23)16-11-7-4-8-12-16)21(26)27-17(20(24)25)13-15-9-5-3-6-10-15/h3-12,14,17-18H,13H2,1-2H3,(H,22,23)(H,24,25). The predicted octanol–water partition coefficient (Wildman–Crippen LogP) is 2.68. The molecule has 142 valence electrons. The lowest BCUT2D eigenvalue weighted by Crippen LogP contribution is -2.47. The van der Waals surface area contributed by atoms with E-state index in [1.807, 2.05) is 6.07 Å². The summed E-state index contributed by atoms with van der Waals surface area (Å²) >= 11 is 0. The minimum atomic E-state index is -1.32. The second kappa shape index (κ2) is 9.52. The second-order valence-corrected chi connectivity index (χ2v) is 6.51. The van der Waals surface area contributed by atoms with Crippen molar-refractivity contribution in [2.75, 3.05) is 0 Å². The zero-order chi connectivity index (χ0) is 19.8. The number of rotatable bonds is 8. The number of carboxylic acids is 1. The van der Waals surface area contributed by atoms with Crippen molar-refractivity contribution < 1.29 is 24.2 Å². The molecule has 0 saturated carbocycles. The van der Waals surface area contributed by atoms with Crippen LogP contribution >= 0.6 is 0 Å². The molecule has 0 radical (unpaired) electrons. The lowest BCUT2D eigenvalue weighted by Gasteiger charge is -2.23. The van der Waals surface area contributed by atoms with Gasteiger partial charge in [-0.3, -0.25) is 4.79 Å². The Morgan fingerprint density at radius 3 is 2.04 bits per heavy atom. The number of hydrogen-bond donors (Lipinski definition) is 2. The molecule has 2 atom stereocenters. The van der Waals surface area contributed by atoms with Gasteiger partial charge >= 0.3 is 11.9 Å².